The Balaban J connectivity index is 2.07. The Bertz CT molecular complexity index is 1090. The zero-order valence-electron chi connectivity index (χ0n) is 17.7. The highest BCUT2D eigenvalue weighted by atomic mass is 19.4. The van der Waals surface area contributed by atoms with Gasteiger partial charge in [0.1, 0.15) is 6.10 Å². The molecule has 2 aromatic rings. The lowest BCUT2D eigenvalue weighted by Crippen LogP contribution is -2.47. The van der Waals surface area contributed by atoms with E-state index < -0.39 is 58.9 Å². The summed E-state index contributed by atoms with van der Waals surface area (Å²) < 4.78 is 80.0. The molecule has 7 nitrogen and oxygen atoms in total. The van der Waals surface area contributed by atoms with E-state index in [9.17, 15) is 31.5 Å². The summed E-state index contributed by atoms with van der Waals surface area (Å²) in [6, 6.07) is 2.97. The number of alkyl halides is 3. The van der Waals surface area contributed by atoms with Crippen LogP contribution in [0.3, 0.4) is 0 Å². The van der Waals surface area contributed by atoms with Crippen LogP contribution in [0.4, 0.5) is 27.6 Å². The number of carbonyl (C=O) groups is 2. The molecule has 1 saturated heterocycles. The first-order valence-corrected chi connectivity index (χ1v) is 9.64. The van der Waals surface area contributed by atoms with Gasteiger partial charge in [0.05, 0.1) is 24.6 Å². The summed E-state index contributed by atoms with van der Waals surface area (Å²) in [6.07, 6.45) is -4.37. The number of nitrogens with zero attached hydrogens (tertiary/aromatic N) is 1. The predicted octanol–water partition coefficient (Wildman–Crippen LogP) is 3.55. The van der Waals surface area contributed by atoms with Crippen LogP contribution in [0.5, 0.6) is 5.75 Å². The number of aromatic nitrogens is 1. The number of hydrogen-bond acceptors (Lipinski definition) is 5. The molecule has 0 spiro atoms. The third-order valence-electron chi connectivity index (χ3n) is 5.86. The summed E-state index contributed by atoms with van der Waals surface area (Å²) in [6.45, 7) is 1.97. The molecule has 1 aromatic heterocycles. The number of hydrogen-bond donors (Lipinski definition) is 2. The molecule has 33 heavy (non-hydrogen) atoms. The van der Waals surface area contributed by atoms with E-state index in [1.807, 2.05) is 0 Å². The number of halogens is 5. The van der Waals surface area contributed by atoms with Crippen molar-refractivity contribution in [1.29, 1.82) is 0 Å². The molecule has 1 fully saturated rings. The fourth-order valence-electron chi connectivity index (χ4n) is 3.90. The van der Waals surface area contributed by atoms with Gasteiger partial charge in [-0.05, 0) is 19.1 Å². The van der Waals surface area contributed by atoms with E-state index in [2.05, 4.69) is 10.3 Å². The molecule has 1 aliphatic heterocycles. The van der Waals surface area contributed by atoms with Crippen LogP contribution in [-0.4, -0.2) is 41.8 Å². The molecule has 0 bridgehead atoms. The van der Waals surface area contributed by atoms with Gasteiger partial charge in [0.2, 0.25) is 11.7 Å². The maximum Gasteiger partial charge on any atom is 0.417 e. The number of anilines is 1. The highest BCUT2D eigenvalue weighted by Crippen LogP contribution is 2.54. The average molecular weight is 473 g/mol. The first-order chi connectivity index (χ1) is 15.3. The molecule has 0 saturated carbocycles. The van der Waals surface area contributed by atoms with Crippen molar-refractivity contribution in [2.24, 2.45) is 11.7 Å². The van der Waals surface area contributed by atoms with Gasteiger partial charge in [-0.2, -0.15) is 17.6 Å². The number of ether oxygens (including phenoxy) is 2. The summed E-state index contributed by atoms with van der Waals surface area (Å²) in [5, 5.41) is 2.34. The molecule has 2 amide bonds. The first kappa shape index (κ1) is 24.4. The molecule has 4 atom stereocenters. The standard InChI is InChI=1S/C21H20F5N3O4/c1-9-14(12-4-5-13(22)15(23)16(12)32-3)17(33-20(9,2)21(24,25)26)19(31)29-11-6-10(18(27)30)7-28-8-11/h4-9,14,17H,1-3H3,(H2,27,30)(H,29,31)/t9-,14-,17-,20+/m0/s1. The Morgan fingerprint density at radius 1 is 1.24 bits per heavy atom. The van der Waals surface area contributed by atoms with Gasteiger partial charge in [0.15, 0.2) is 17.2 Å². The van der Waals surface area contributed by atoms with E-state index in [4.69, 9.17) is 15.2 Å². The molecule has 1 aliphatic rings. The summed E-state index contributed by atoms with van der Waals surface area (Å²) in [4.78, 5) is 28.1. The molecule has 1 aromatic carbocycles. The largest absolute Gasteiger partial charge is 0.493 e. The Kier molecular flexibility index (Phi) is 6.33. The minimum atomic E-state index is -4.89. The maximum atomic E-state index is 14.3. The van der Waals surface area contributed by atoms with E-state index in [1.165, 1.54) is 13.0 Å². The molecule has 0 unspecified atom stereocenters. The van der Waals surface area contributed by atoms with Crippen molar-refractivity contribution in [3.63, 3.8) is 0 Å². The van der Waals surface area contributed by atoms with Crippen LogP contribution >= 0.6 is 0 Å². The zero-order chi connectivity index (χ0) is 24.7. The average Bonchev–Trinajstić information content (AvgIpc) is 3.02. The second kappa shape index (κ2) is 8.58. The maximum absolute atomic E-state index is 14.3. The minimum absolute atomic E-state index is 0.0239. The van der Waals surface area contributed by atoms with Crippen molar-refractivity contribution >= 4 is 17.5 Å². The minimum Gasteiger partial charge on any atom is -0.493 e. The molecular formula is C21H20F5N3O4. The van der Waals surface area contributed by atoms with Crippen molar-refractivity contribution < 1.29 is 41.0 Å². The fraction of sp³-hybridized carbons (Fsp3) is 0.381. The molecule has 0 radical (unpaired) electrons. The smallest absolute Gasteiger partial charge is 0.417 e. The zero-order valence-corrected chi connectivity index (χ0v) is 17.7. The highest BCUT2D eigenvalue weighted by Gasteiger charge is 2.65. The number of carbonyl (C=O) groups excluding carboxylic acids is 2. The Morgan fingerprint density at radius 3 is 2.48 bits per heavy atom. The van der Waals surface area contributed by atoms with Gasteiger partial charge in [-0.1, -0.05) is 13.0 Å². The van der Waals surface area contributed by atoms with Gasteiger partial charge >= 0.3 is 6.18 Å². The lowest BCUT2D eigenvalue weighted by Gasteiger charge is -2.32. The summed E-state index contributed by atoms with van der Waals surface area (Å²) >= 11 is 0. The van der Waals surface area contributed by atoms with Crippen molar-refractivity contribution in [2.75, 3.05) is 12.4 Å². The van der Waals surface area contributed by atoms with Crippen molar-refractivity contribution in [3.8, 4) is 5.75 Å². The van der Waals surface area contributed by atoms with E-state index in [1.54, 1.807) is 0 Å². The van der Waals surface area contributed by atoms with Crippen molar-refractivity contribution in [1.82, 2.24) is 4.98 Å². The van der Waals surface area contributed by atoms with Crippen LogP contribution in [0.2, 0.25) is 0 Å². The second-order valence-corrected chi connectivity index (χ2v) is 7.76. The first-order valence-electron chi connectivity index (χ1n) is 9.64. The monoisotopic (exact) mass is 473 g/mol. The second-order valence-electron chi connectivity index (χ2n) is 7.76. The molecule has 0 aliphatic carbocycles. The van der Waals surface area contributed by atoms with Gasteiger partial charge in [-0.3, -0.25) is 14.6 Å². The van der Waals surface area contributed by atoms with Crippen LogP contribution in [-0.2, 0) is 9.53 Å². The molecule has 3 N–H and O–H groups in total. The number of primary amides is 1. The summed E-state index contributed by atoms with van der Waals surface area (Å²) in [5.74, 6) is -7.92. The third-order valence-corrected chi connectivity index (χ3v) is 5.86. The summed E-state index contributed by atoms with van der Waals surface area (Å²) in [5.41, 5.74) is 2.15. The number of pyridine rings is 1. The van der Waals surface area contributed by atoms with E-state index in [-0.39, 0.29) is 16.8 Å². The lowest BCUT2D eigenvalue weighted by atomic mass is 9.77. The van der Waals surface area contributed by atoms with E-state index in [0.717, 1.165) is 38.6 Å². The topological polar surface area (TPSA) is 104 Å². The number of nitrogens with one attached hydrogen (secondary N) is 1. The van der Waals surface area contributed by atoms with Crippen LogP contribution in [0.15, 0.2) is 30.6 Å². The Labute approximate surface area is 185 Å². The molecule has 2 heterocycles. The van der Waals surface area contributed by atoms with Crippen LogP contribution in [0.25, 0.3) is 0 Å². The number of rotatable bonds is 5. The van der Waals surface area contributed by atoms with Crippen molar-refractivity contribution in [3.05, 3.63) is 53.4 Å². The van der Waals surface area contributed by atoms with Gasteiger partial charge in [0.25, 0.3) is 5.91 Å². The quantitative estimate of drug-likeness (QED) is 0.647. The summed E-state index contributed by atoms with van der Waals surface area (Å²) in [7, 11) is 1.03. The van der Waals surface area contributed by atoms with Crippen LogP contribution in [0.1, 0.15) is 35.7 Å². The van der Waals surface area contributed by atoms with Crippen molar-refractivity contribution in [2.45, 2.75) is 37.6 Å². The normalized spacial score (nSPS) is 25.0. The van der Waals surface area contributed by atoms with Gasteiger partial charge < -0.3 is 20.5 Å². The molecule has 3 rings (SSSR count). The predicted molar refractivity (Wildman–Crippen MR) is 106 cm³/mol. The number of benzene rings is 1. The fourth-order valence-corrected chi connectivity index (χ4v) is 3.90. The third kappa shape index (κ3) is 4.22. The van der Waals surface area contributed by atoms with E-state index in [0.29, 0.717) is 0 Å². The number of methoxy groups -OCH3 is 1. The number of amides is 2. The van der Waals surface area contributed by atoms with E-state index >= 15 is 0 Å². The molecule has 12 heteroatoms. The van der Waals surface area contributed by atoms with Crippen LogP contribution in [0, 0.1) is 17.6 Å². The Hall–Kier alpha value is -3.28. The Morgan fingerprint density at radius 2 is 1.91 bits per heavy atom. The van der Waals surface area contributed by atoms with Gasteiger partial charge in [-0.15, -0.1) is 0 Å². The number of nitrogens with two attached hydrogens (primary N) is 1. The lowest BCUT2D eigenvalue weighted by molar-refractivity contribution is -0.272. The van der Waals surface area contributed by atoms with Gasteiger partial charge in [-0.25, -0.2) is 4.39 Å². The van der Waals surface area contributed by atoms with Crippen LogP contribution < -0.4 is 15.8 Å². The molecule has 178 valence electrons. The highest BCUT2D eigenvalue weighted by molar-refractivity contribution is 5.97. The van der Waals surface area contributed by atoms with Gasteiger partial charge in [0, 0.05) is 23.6 Å². The SMILES string of the molecule is COc1c([C@H]2[C@@H](C(=O)Nc3cncc(C(N)=O)c3)O[C@@](C)(C(F)(F)F)[C@H]2C)ccc(F)c1F. The molecular weight excluding hydrogens is 453 g/mol.